The highest BCUT2D eigenvalue weighted by molar-refractivity contribution is 5.33. The molecular weight excluding hydrogens is 326 g/mol. The number of hydrogen-bond acceptors (Lipinski definition) is 4. The highest BCUT2D eigenvalue weighted by atomic mass is 19.3. The Bertz CT molecular complexity index is 538. The van der Waals surface area contributed by atoms with Crippen molar-refractivity contribution in [3.05, 3.63) is 29.8 Å². The Hall–Kier alpha value is -1.24. The molecule has 1 N–H and O–H groups in total. The third-order valence-electron chi connectivity index (χ3n) is 5.45. The maximum Gasteiger partial charge on any atom is 0.387 e. The minimum Gasteiger partial charge on any atom is -0.434 e. The third kappa shape index (κ3) is 4.90. The van der Waals surface area contributed by atoms with Crippen molar-refractivity contribution in [3.63, 3.8) is 0 Å². The number of rotatable bonds is 7. The summed E-state index contributed by atoms with van der Waals surface area (Å²) in [7, 11) is 0. The molecule has 1 saturated heterocycles. The molecule has 25 heavy (non-hydrogen) atoms. The van der Waals surface area contributed by atoms with Gasteiger partial charge in [-0.1, -0.05) is 31.0 Å². The van der Waals surface area contributed by atoms with Crippen molar-refractivity contribution in [2.24, 2.45) is 0 Å². The van der Waals surface area contributed by atoms with E-state index in [1.165, 1.54) is 25.7 Å². The summed E-state index contributed by atoms with van der Waals surface area (Å²) in [5.41, 5.74) is 0.792. The average Bonchev–Trinajstić information content (AvgIpc) is 3.11. The van der Waals surface area contributed by atoms with E-state index in [9.17, 15) is 13.9 Å². The van der Waals surface area contributed by atoms with Crippen LogP contribution in [0.25, 0.3) is 0 Å². The molecule has 2 fully saturated rings. The van der Waals surface area contributed by atoms with E-state index in [0.29, 0.717) is 18.6 Å². The van der Waals surface area contributed by atoms with Crippen LogP contribution in [0.1, 0.15) is 37.7 Å². The van der Waals surface area contributed by atoms with Crippen LogP contribution in [0.3, 0.4) is 0 Å². The van der Waals surface area contributed by atoms with Gasteiger partial charge in [-0.15, -0.1) is 0 Å². The first kappa shape index (κ1) is 18.5. The van der Waals surface area contributed by atoms with E-state index in [1.54, 1.807) is 12.1 Å². The second-order valence-corrected chi connectivity index (χ2v) is 7.06. The predicted molar refractivity (Wildman–Crippen MR) is 92.8 cm³/mol. The van der Waals surface area contributed by atoms with Crippen LogP contribution >= 0.6 is 0 Å². The van der Waals surface area contributed by atoms with Crippen LogP contribution in [0.15, 0.2) is 24.3 Å². The van der Waals surface area contributed by atoms with Crippen LogP contribution in [0.2, 0.25) is 0 Å². The first-order chi connectivity index (χ1) is 12.2. The van der Waals surface area contributed by atoms with Gasteiger partial charge in [-0.2, -0.15) is 8.78 Å². The maximum atomic E-state index is 12.6. The zero-order valence-electron chi connectivity index (χ0n) is 14.6. The van der Waals surface area contributed by atoms with Gasteiger partial charge in [-0.3, -0.25) is 9.80 Å². The Kier molecular flexibility index (Phi) is 6.62. The molecule has 3 rings (SSSR count). The number of benzene rings is 1. The summed E-state index contributed by atoms with van der Waals surface area (Å²) in [5, 5.41) is 9.45. The lowest BCUT2D eigenvalue weighted by Crippen LogP contribution is -2.56. The largest absolute Gasteiger partial charge is 0.434 e. The monoisotopic (exact) mass is 354 g/mol. The molecule has 4 nitrogen and oxygen atoms in total. The van der Waals surface area contributed by atoms with Gasteiger partial charge >= 0.3 is 6.61 Å². The van der Waals surface area contributed by atoms with Crippen molar-refractivity contribution in [1.82, 2.24) is 9.80 Å². The number of ether oxygens (including phenoxy) is 1. The molecule has 140 valence electrons. The minimum absolute atomic E-state index is 0.187. The smallest absolute Gasteiger partial charge is 0.387 e. The van der Waals surface area contributed by atoms with Crippen molar-refractivity contribution < 1.29 is 18.6 Å². The highest BCUT2D eigenvalue weighted by Crippen LogP contribution is 2.29. The SMILES string of the molecule is OCC[C@H]1CN(Cc2ccccc2OC(F)F)CCN1C1CCCC1. The molecule has 6 heteroatoms. The zero-order chi connectivity index (χ0) is 17.6. The third-order valence-corrected chi connectivity index (χ3v) is 5.45. The summed E-state index contributed by atoms with van der Waals surface area (Å²) >= 11 is 0. The topological polar surface area (TPSA) is 35.9 Å². The number of hydrogen-bond donors (Lipinski definition) is 1. The molecule has 0 aromatic heterocycles. The van der Waals surface area contributed by atoms with Gasteiger partial charge in [-0.25, -0.2) is 0 Å². The van der Waals surface area contributed by atoms with E-state index in [0.717, 1.165) is 31.6 Å². The Morgan fingerprint density at radius 3 is 2.64 bits per heavy atom. The molecule has 1 saturated carbocycles. The number of piperazine rings is 1. The lowest BCUT2D eigenvalue weighted by atomic mass is 10.0. The first-order valence-electron chi connectivity index (χ1n) is 9.29. The molecule has 0 amide bonds. The Morgan fingerprint density at radius 2 is 1.92 bits per heavy atom. The standard InChI is InChI=1S/C19H28F2N2O2/c20-19(21)25-18-8-4-1-5-15(18)13-22-10-11-23(16-6-2-3-7-16)17(14-22)9-12-24/h1,4-5,8,16-17,19,24H,2-3,6-7,9-14H2/t17-/m0/s1. The molecule has 1 aliphatic heterocycles. The summed E-state index contributed by atoms with van der Waals surface area (Å²) in [6.07, 6.45) is 5.88. The van der Waals surface area contributed by atoms with Gasteiger partial charge < -0.3 is 9.84 Å². The fourth-order valence-corrected chi connectivity index (χ4v) is 4.29. The predicted octanol–water partition coefficient (Wildman–Crippen LogP) is 3.10. The van der Waals surface area contributed by atoms with Crippen molar-refractivity contribution in [2.75, 3.05) is 26.2 Å². The molecule has 0 bridgehead atoms. The second-order valence-electron chi connectivity index (χ2n) is 7.06. The van der Waals surface area contributed by atoms with Crippen molar-refractivity contribution in [1.29, 1.82) is 0 Å². The molecule has 1 aromatic carbocycles. The number of aliphatic hydroxyl groups excluding tert-OH is 1. The molecular formula is C19H28F2N2O2. The van der Waals surface area contributed by atoms with Crippen LogP contribution in [0.5, 0.6) is 5.75 Å². The van der Waals surface area contributed by atoms with E-state index in [2.05, 4.69) is 14.5 Å². The van der Waals surface area contributed by atoms with Gasteiger partial charge in [0.05, 0.1) is 0 Å². The van der Waals surface area contributed by atoms with Crippen molar-refractivity contribution in [2.45, 2.75) is 57.3 Å². The van der Waals surface area contributed by atoms with E-state index in [4.69, 9.17) is 0 Å². The molecule has 1 aliphatic carbocycles. The summed E-state index contributed by atoms with van der Waals surface area (Å²) in [6.45, 7) is 0.743. The van der Waals surface area contributed by atoms with E-state index in [-0.39, 0.29) is 12.4 Å². The Labute approximate surface area is 148 Å². The van der Waals surface area contributed by atoms with Gasteiger partial charge in [0.25, 0.3) is 0 Å². The summed E-state index contributed by atoms with van der Waals surface area (Å²) < 4.78 is 29.8. The molecule has 0 radical (unpaired) electrons. The van der Waals surface area contributed by atoms with Crippen LogP contribution in [0.4, 0.5) is 8.78 Å². The minimum atomic E-state index is -2.80. The van der Waals surface area contributed by atoms with Crippen LogP contribution in [-0.4, -0.2) is 59.8 Å². The number of para-hydroxylation sites is 1. The van der Waals surface area contributed by atoms with E-state index in [1.807, 2.05) is 12.1 Å². The Morgan fingerprint density at radius 1 is 1.16 bits per heavy atom. The number of aliphatic hydroxyl groups is 1. The van der Waals surface area contributed by atoms with Crippen LogP contribution in [-0.2, 0) is 6.54 Å². The van der Waals surface area contributed by atoms with Crippen LogP contribution < -0.4 is 4.74 Å². The molecule has 1 aromatic rings. The maximum absolute atomic E-state index is 12.6. The summed E-state index contributed by atoms with van der Waals surface area (Å²) in [4.78, 5) is 4.86. The lowest BCUT2D eigenvalue weighted by molar-refractivity contribution is -0.0511. The van der Waals surface area contributed by atoms with Gasteiger partial charge in [0.1, 0.15) is 5.75 Å². The molecule has 0 spiro atoms. The van der Waals surface area contributed by atoms with E-state index >= 15 is 0 Å². The highest BCUT2D eigenvalue weighted by Gasteiger charge is 2.33. The Balaban J connectivity index is 1.64. The molecule has 1 atom stereocenters. The van der Waals surface area contributed by atoms with Crippen molar-refractivity contribution in [3.8, 4) is 5.75 Å². The average molecular weight is 354 g/mol. The molecule has 1 heterocycles. The summed E-state index contributed by atoms with van der Waals surface area (Å²) in [6, 6.07) is 8.00. The van der Waals surface area contributed by atoms with Crippen molar-refractivity contribution >= 4 is 0 Å². The normalized spacial score (nSPS) is 23.4. The summed E-state index contributed by atoms with van der Waals surface area (Å²) in [5.74, 6) is 0.259. The zero-order valence-corrected chi connectivity index (χ0v) is 14.6. The quantitative estimate of drug-likeness (QED) is 0.816. The number of nitrogens with zero attached hydrogens (tertiary/aromatic N) is 2. The van der Waals surface area contributed by atoms with Gasteiger partial charge in [-0.05, 0) is 25.3 Å². The van der Waals surface area contributed by atoms with Gasteiger partial charge in [0, 0.05) is 50.4 Å². The first-order valence-corrected chi connectivity index (χ1v) is 9.29. The molecule has 0 unspecified atom stereocenters. The van der Waals surface area contributed by atoms with Gasteiger partial charge in [0.15, 0.2) is 0 Å². The second kappa shape index (κ2) is 8.92. The molecule has 2 aliphatic rings. The number of alkyl halides is 2. The lowest BCUT2D eigenvalue weighted by Gasteiger charge is -2.44. The van der Waals surface area contributed by atoms with E-state index < -0.39 is 6.61 Å². The fourth-order valence-electron chi connectivity index (χ4n) is 4.29. The van der Waals surface area contributed by atoms with Crippen LogP contribution in [0, 0.1) is 0 Å². The van der Waals surface area contributed by atoms with Gasteiger partial charge in [0.2, 0.25) is 0 Å². The fraction of sp³-hybridized carbons (Fsp3) is 0.684. The number of halogens is 2.